The van der Waals surface area contributed by atoms with Crippen LogP contribution in [0, 0.1) is 0 Å². The van der Waals surface area contributed by atoms with Crippen molar-refractivity contribution in [3.05, 3.63) is 60.0 Å². The number of benzene rings is 2. The van der Waals surface area contributed by atoms with Gasteiger partial charge in [-0.05, 0) is 35.7 Å². The number of hydrogen-bond donors (Lipinski definition) is 1. The Kier molecular flexibility index (Phi) is 6.01. The summed E-state index contributed by atoms with van der Waals surface area (Å²) in [6.07, 6.45) is 0. The third-order valence-electron chi connectivity index (χ3n) is 4.51. The fourth-order valence-corrected chi connectivity index (χ4v) is 5.64. The summed E-state index contributed by atoms with van der Waals surface area (Å²) in [6.45, 7) is 0.452. The number of ether oxygens (including phenoxy) is 3. The maximum Gasteiger partial charge on any atom is 0.274 e. The molecule has 31 heavy (non-hydrogen) atoms. The van der Waals surface area contributed by atoms with Crippen LogP contribution in [0.5, 0.6) is 17.2 Å². The summed E-state index contributed by atoms with van der Waals surface area (Å²) in [6, 6.07) is 14.8. The number of methoxy groups -OCH3 is 1. The van der Waals surface area contributed by atoms with Crippen molar-refractivity contribution in [2.45, 2.75) is 4.21 Å². The van der Waals surface area contributed by atoms with Crippen LogP contribution in [0.3, 0.4) is 0 Å². The number of nitrogens with one attached hydrogen (secondary N) is 1. The van der Waals surface area contributed by atoms with E-state index < -0.39 is 22.5 Å². The monoisotopic (exact) mass is 460 g/mol. The number of amides is 1. The minimum absolute atomic E-state index is 0.130. The van der Waals surface area contributed by atoms with Gasteiger partial charge in [-0.2, -0.15) is 0 Å². The van der Waals surface area contributed by atoms with E-state index in [0.29, 0.717) is 36.1 Å². The molecule has 4 rings (SSSR count). The molecular formula is C21H20N2O6S2. The number of fused-ring (bicyclic) bond motifs is 1. The summed E-state index contributed by atoms with van der Waals surface area (Å²) >= 11 is 1.08. The first-order valence-corrected chi connectivity index (χ1v) is 11.7. The fourth-order valence-electron chi connectivity index (χ4n) is 3.11. The van der Waals surface area contributed by atoms with E-state index in [0.717, 1.165) is 15.6 Å². The summed E-state index contributed by atoms with van der Waals surface area (Å²) in [5.41, 5.74) is 0.749. The Bertz CT molecular complexity index is 1180. The maximum atomic E-state index is 13.3. The summed E-state index contributed by atoms with van der Waals surface area (Å²) in [5, 5.41) is 4.40. The zero-order valence-corrected chi connectivity index (χ0v) is 18.2. The average molecular weight is 461 g/mol. The van der Waals surface area contributed by atoms with Gasteiger partial charge in [-0.3, -0.25) is 9.10 Å². The van der Waals surface area contributed by atoms with Crippen LogP contribution in [0.1, 0.15) is 0 Å². The second-order valence-corrected chi connectivity index (χ2v) is 9.56. The van der Waals surface area contributed by atoms with Gasteiger partial charge >= 0.3 is 0 Å². The van der Waals surface area contributed by atoms with Crippen molar-refractivity contribution in [1.29, 1.82) is 0 Å². The minimum Gasteiger partial charge on any atom is -0.495 e. The number of rotatable bonds is 7. The van der Waals surface area contributed by atoms with E-state index in [1.165, 1.54) is 13.2 Å². The SMILES string of the molecule is COc1ccccc1N(CC(=O)Nc1ccc2c(c1)OCCO2)S(=O)(=O)c1cccs1. The summed E-state index contributed by atoms with van der Waals surface area (Å²) < 4.78 is 44.1. The molecule has 0 spiro atoms. The molecule has 0 saturated heterocycles. The highest BCUT2D eigenvalue weighted by Gasteiger charge is 2.30. The molecule has 8 nitrogen and oxygen atoms in total. The molecule has 2 heterocycles. The highest BCUT2D eigenvalue weighted by Crippen LogP contribution is 2.34. The van der Waals surface area contributed by atoms with Crippen LogP contribution >= 0.6 is 11.3 Å². The molecule has 0 aliphatic carbocycles. The van der Waals surface area contributed by atoms with Crippen LogP contribution < -0.4 is 23.8 Å². The number of hydrogen-bond acceptors (Lipinski definition) is 7. The summed E-state index contributed by atoms with van der Waals surface area (Å²) in [7, 11) is -2.53. The van der Waals surface area contributed by atoms with Gasteiger partial charge in [-0.1, -0.05) is 18.2 Å². The molecule has 0 saturated carbocycles. The van der Waals surface area contributed by atoms with Gasteiger partial charge in [-0.25, -0.2) is 8.42 Å². The van der Waals surface area contributed by atoms with Crippen molar-refractivity contribution in [1.82, 2.24) is 0 Å². The molecule has 162 valence electrons. The van der Waals surface area contributed by atoms with Crippen LogP contribution in [0.25, 0.3) is 0 Å². The lowest BCUT2D eigenvalue weighted by atomic mass is 10.2. The second kappa shape index (κ2) is 8.86. The van der Waals surface area contributed by atoms with Crippen molar-refractivity contribution in [2.24, 2.45) is 0 Å². The lowest BCUT2D eigenvalue weighted by molar-refractivity contribution is -0.114. The predicted molar refractivity (Wildman–Crippen MR) is 118 cm³/mol. The lowest BCUT2D eigenvalue weighted by Crippen LogP contribution is -2.38. The van der Waals surface area contributed by atoms with Crippen molar-refractivity contribution < 1.29 is 27.4 Å². The molecule has 10 heteroatoms. The van der Waals surface area contributed by atoms with E-state index >= 15 is 0 Å². The first kappa shape index (κ1) is 21.0. The molecule has 0 bridgehead atoms. The molecule has 2 aromatic carbocycles. The van der Waals surface area contributed by atoms with Crippen LogP contribution in [0.4, 0.5) is 11.4 Å². The lowest BCUT2D eigenvalue weighted by Gasteiger charge is -2.25. The van der Waals surface area contributed by atoms with E-state index in [1.807, 2.05) is 0 Å². The quantitative estimate of drug-likeness (QED) is 0.581. The number of nitrogens with zero attached hydrogens (tertiary/aromatic N) is 1. The predicted octanol–water partition coefficient (Wildman–Crippen LogP) is 3.36. The normalized spacial score (nSPS) is 12.8. The standard InChI is InChI=1S/C21H20N2O6S2/c1-27-17-6-3-2-5-16(17)23(31(25,26)21-7-4-12-30-21)14-20(24)22-15-8-9-18-19(13-15)29-11-10-28-18/h2-9,12-13H,10-11,14H2,1H3,(H,22,24). The first-order valence-electron chi connectivity index (χ1n) is 9.38. The van der Waals surface area contributed by atoms with Gasteiger partial charge in [0.2, 0.25) is 5.91 Å². The average Bonchev–Trinajstić information content (AvgIpc) is 3.33. The van der Waals surface area contributed by atoms with E-state index in [1.54, 1.807) is 53.9 Å². The van der Waals surface area contributed by atoms with Gasteiger partial charge in [0.05, 0.1) is 12.8 Å². The van der Waals surface area contributed by atoms with E-state index in [9.17, 15) is 13.2 Å². The Labute approximate surface area is 184 Å². The third kappa shape index (κ3) is 4.44. The van der Waals surface area contributed by atoms with Crippen LogP contribution in [-0.4, -0.2) is 41.2 Å². The zero-order valence-electron chi connectivity index (χ0n) is 16.6. The summed E-state index contributed by atoms with van der Waals surface area (Å²) in [4.78, 5) is 12.9. The maximum absolute atomic E-state index is 13.3. The number of sulfonamides is 1. The van der Waals surface area contributed by atoms with Crippen molar-refractivity contribution in [3.63, 3.8) is 0 Å². The Morgan fingerprint density at radius 3 is 2.61 bits per heavy atom. The molecule has 0 fully saturated rings. The van der Waals surface area contributed by atoms with E-state index in [-0.39, 0.29) is 9.90 Å². The highest BCUT2D eigenvalue weighted by atomic mass is 32.2. The Morgan fingerprint density at radius 2 is 1.87 bits per heavy atom. The molecule has 0 radical (unpaired) electrons. The molecule has 0 atom stereocenters. The van der Waals surface area contributed by atoms with Crippen LogP contribution in [0.15, 0.2) is 64.2 Å². The number of carbonyl (C=O) groups is 1. The molecular weight excluding hydrogens is 440 g/mol. The van der Waals surface area contributed by atoms with Gasteiger partial charge < -0.3 is 19.5 Å². The molecule has 0 unspecified atom stereocenters. The fraction of sp³-hybridized carbons (Fsp3) is 0.190. The second-order valence-electron chi connectivity index (χ2n) is 6.52. The Morgan fingerprint density at radius 1 is 1.10 bits per heavy atom. The zero-order chi connectivity index (χ0) is 21.8. The van der Waals surface area contributed by atoms with Gasteiger partial charge in [0.15, 0.2) is 11.5 Å². The van der Waals surface area contributed by atoms with Gasteiger partial charge in [0, 0.05) is 11.8 Å². The smallest absolute Gasteiger partial charge is 0.274 e. The topological polar surface area (TPSA) is 94.2 Å². The number of carbonyl (C=O) groups excluding carboxylic acids is 1. The van der Waals surface area contributed by atoms with Crippen molar-refractivity contribution >= 4 is 38.6 Å². The Balaban J connectivity index is 1.62. The van der Waals surface area contributed by atoms with Gasteiger partial charge in [0.25, 0.3) is 10.0 Å². The van der Waals surface area contributed by atoms with E-state index in [2.05, 4.69) is 5.32 Å². The number of thiophene rings is 1. The molecule has 1 amide bonds. The van der Waals surface area contributed by atoms with Gasteiger partial charge in [0.1, 0.15) is 29.7 Å². The number of para-hydroxylation sites is 2. The van der Waals surface area contributed by atoms with Gasteiger partial charge in [-0.15, -0.1) is 11.3 Å². The molecule has 1 aromatic heterocycles. The summed E-state index contributed by atoms with van der Waals surface area (Å²) in [5.74, 6) is 0.953. The molecule has 1 aliphatic rings. The number of anilines is 2. The van der Waals surface area contributed by atoms with Crippen LogP contribution in [-0.2, 0) is 14.8 Å². The molecule has 1 N–H and O–H groups in total. The van der Waals surface area contributed by atoms with Crippen LogP contribution in [0.2, 0.25) is 0 Å². The molecule has 1 aliphatic heterocycles. The highest BCUT2D eigenvalue weighted by molar-refractivity contribution is 7.94. The largest absolute Gasteiger partial charge is 0.495 e. The minimum atomic E-state index is -3.98. The first-order chi connectivity index (χ1) is 15.0. The third-order valence-corrected chi connectivity index (χ3v) is 7.64. The van der Waals surface area contributed by atoms with E-state index in [4.69, 9.17) is 14.2 Å². The molecule has 3 aromatic rings. The Hall–Kier alpha value is -3.24. The van der Waals surface area contributed by atoms with Crippen molar-refractivity contribution in [2.75, 3.05) is 36.5 Å². The van der Waals surface area contributed by atoms with Crippen molar-refractivity contribution in [3.8, 4) is 17.2 Å².